The molecular weight excluding hydrogens is 405 g/mol. The molecule has 7 nitrogen and oxygen atoms in total. The molecule has 2 aromatic rings. The molecule has 0 amide bonds. The third kappa shape index (κ3) is 6.32. The van der Waals surface area contributed by atoms with Crippen LogP contribution in [0.4, 0.5) is 0 Å². The van der Waals surface area contributed by atoms with Crippen molar-refractivity contribution >= 4 is 45.4 Å². The zero-order valence-electron chi connectivity index (χ0n) is 17.3. The Balaban J connectivity index is 2.30. The highest BCUT2D eigenvalue weighted by Gasteiger charge is 2.21. The molecule has 0 unspecified atom stereocenters. The summed E-state index contributed by atoms with van der Waals surface area (Å²) in [5.41, 5.74) is 3.11. The summed E-state index contributed by atoms with van der Waals surface area (Å²) in [5.74, 6) is -1.78. The molecule has 2 rings (SSSR count). The topological polar surface area (TPSA) is 107 Å². The second kappa shape index (κ2) is 10.6. The Labute approximate surface area is 179 Å². The zero-order chi connectivity index (χ0) is 22.3. The molecule has 1 N–H and O–H groups in total. The molecule has 2 aromatic carbocycles. The number of carbonyl (C=O) groups is 2. The maximum absolute atomic E-state index is 12.9. The molecule has 156 valence electrons. The smallest absolute Gasteiger partial charge is 0.344 e. The molecule has 0 aliphatic carbocycles. The van der Waals surface area contributed by atoms with Crippen LogP contribution in [-0.4, -0.2) is 60.8 Å². The predicted octanol–water partition coefficient (Wildman–Crippen LogP) is -0.650. The van der Waals surface area contributed by atoms with Crippen molar-refractivity contribution in [2.45, 2.75) is 19.0 Å². The molecule has 0 saturated heterocycles. The first-order chi connectivity index (χ1) is 14.2. The summed E-state index contributed by atoms with van der Waals surface area (Å²) in [6.07, 6.45) is 2.25. The van der Waals surface area contributed by atoms with Gasteiger partial charge in [-0.1, -0.05) is 54.9 Å². The van der Waals surface area contributed by atoms with E-state index in [0.29, 0.717) is 18.4 Å². The monoisotopic (exact) mass is 428 g/mol. The molecule has 0 fully saturated rings. The lowest BCUT2D eigenvalue weighted by atomic mass is 9.85. The van der Waals surface area contributed by atoms with Gasteiger partial charge >= 0.3 is 5.97 Å². The summed E-state index contributed by atoms with van der Waals surface area (Å²) in [6, 6.07) is 10.1. The van der Waals surface area contributed by atoms with Gasteiger partial charge in [0.2, 0.25) is 0 Å². The number of ether oxygens (including phenoxy) is 2. The van der Waals surface area contributed by atoms with E-state index in [0.717, 1.165) is 23.0 Å². The fourth-order valence-electron chi connectivity index (χ4n) is 3.06. The van der Waals surface area contributed by atoms with Gasteiger partial charge in [-0.05, 0) is 17.2 Å². The number of hydrogen-bond donors (Lipinski definition) is 1. The van der Waals surface area contributed by atoms with Crippen LogP contribution in [-0.2, 0) is 33.8 Å². The Kier molecular flexibility index (Phi) is 8.46. The molecular formula is C19H23B3O7S. The largest absolute Gasteiger partial charge is 0.422 e. The predicted molar refractivity (Wildman–Crippen MR) is 121 cm³/mol. The van der Waals surface area contributed by atoms with Gasteiger partial charge in [-0.25, -0.2) is 4.79 Å². The van der Waals surface area contributed by atoms with Crippen LogP contribution in [0.25, 0.3) is 0 Å². The van der Waals surface area contributed by atoms with E-state index in [1.165, 1.54) is 12.1 Å². The van der Waals surface area contributed by atoms with E-state index in [9.17, 15) is 18.0 Å². The molecule has 0 saturated carbocycles. The van der Waals surface area contributed by atoms with Gasteiger partial charge in [0.05, 0.1) is 5.56 Å². The van der Waals surface area contributed by atoms with Crippen LogP contribution in [0.5, 0.6) is 5.75 Å². The number of ketones is 1. The average Bonchev–Trinajstić information content (AvgIpc) is 2.72. The van der Waals surface area contributed by atoms with E-state index in [1.54, 1.807) is 12.1 Å². The summed E-state index contributed by atoms with van der Waals surface area (Å²) in [6.45, 7) is -0.601. The van der Waals surface area contributed by atoms with E-state index in [2.05, 4.69) is 7.85 Å². The zero-order valence-corrected chi connectivity index (χ0v) is 18.1. The molecule has 0 aliphatic heterocycles. The van der Waals surface area contributed by atoms with Crippen molar-refractivity contribution in [2.75, 3.05) is 12.5 Å². The Hall–Kier alpha value is -2.36. The average molecular weight is 428 g/mol. The number of esters is 1. The normalized spacial score (nSPS) is 11.2. The van der Waals surface area contributed by atoms with Gasteiger partial charge in [0.1, 0.15) is 35.9 Å². The van der Waals surface area contributed by atoms with Gasteiger partial charge in [-0.2, -0.15) is 8.42 Å². The van der Waals surface area contributed by atoms with Crippen LogP contribution in [0.15, 0.2) is 36.4 Å². The second-order valence-corrected chi connectivity index (χ2v) is 8.11. The summed E-state index contributed by atoms with van der Waals surface area (Å²) < 4.78 is 40.6. The molecule has 0 bridgehead atoms. The van der Waals surface area contributed by atoms with Crippen LogP contribution in [0.2, 0.25) is 0 Å². The van der Waals surface area contributed by atoms with Gasteiger partial charge in [0, 0.05) is 5.56 Å². The van der Waals surface area contributed by atoms with E-state index in [1.807, 2.05) is 27.8 Å². The van der Waals surface area contributed by atoms with Gasteiger partial charge < -0.3 is 9.47 Å². The van der Waals surface area contributed by atoms with E-state index < -0.39 is 34.4 Å². The van der Waals surface area contributed by atoms with Crippen LogP contribution in [0.1, 0.15) is 37.4 Å². The standard InChI is InChI=1S/C19H23B3O7S/c20-7-12-5-13(8-21)18(14(6-12)9-22)29-19(24)16-4-2-1-3-15(16)17(23)10-28-11-30(25,26)27/h1-6H,7-11,20-22H2,(H,25,26,27). The molecule has 0 spiro atoms. The van der Waals surface area contributed by atoms with Crippen molar-refractivity contribution in [2.24, 2.45) is 0 Å². The van der Waals surface area contributed by atoms with Crippen LogP contribution < -0.4 is 4.74 Å². The summed E-state index contributed by atoms with van der Waals surface area (Å²) in [7, 11) is 1.67. The minimum Gasteiger partial charge on any atom is -0.422 e. The lowest BCUT2D eigenvalue weighted by Crippen LogP contribution is -2.19. The summed E-state index contributed by atoms with van der Waals surface area (Å²) in [4.78, 5) is 25.3. The van der Waals surface area contributed by atoms with Gasteiger partial charge in [0.25, 0.3) is 10.1 Å². The second-order valence-electron chi connectivity index (χ2n) is 6.71. The summed E-state index contributed by atoms with van der Waals surface area (Å²) in [5, 5.41) is 0. The van der Waals surface area contributed by atoms with Gasteiger partial charge in [-0.3, -0.25) is 9.35 Å². The minimum atomic E-state index is -4.36. The van der Waals surface area contributed by atoms with Gasteiger partial charge in [-0.15, -0.1) is 0 Å². The summed E-state index contributed by atoms with van der Waals surface area (Å²) >= 11 is 0. The first-order valence-corrected chi connectivity index (χ1v) is 11.3. The highest BCUT2D eigenvalue weighted by molar-refractivity contribution is 7.85. The Bertz CT molecular complexity index is 1010. The molecule has 0 heterocycles. The first kappa shape index (κ1) is 23.9. The van der Waals surface area contributed by atoms with E-state index in [4.69, 9.17) is 14.0 Å². The molecule has 11 heteroatoms. The van der Waals surface area contributed by atoms with Crippen molar-refractivity contribution in [3.05, 3.63) is 64.2 Å². The highest BCUT2D eigenvalue weighted by Crippen LogP contribution is 2.28. The van der Waals surface area contributed by atoms with Crippen molar-refractivity contribution in [1.29, 1.82) is 0 Å². The van der Waals surface area contributed by atoms with Crippen molar-refractivity contribution in [3.8, 4) is 5.75 Å². The number of carbonyl (C=O) groups excluding carboxylic acids is 2. The SMILES string of the molecule is BCc1cc(CB)c(OC(=O)c2ccccc2C(=O)COCS(=O)(=O)O)c(CB)c1. The molecule has 0 aliphatic rings. The van der Waals surface area contributed by atoms with Gasteiger partial charge in [0.15, 0.2) is 11.7 Å². The fourth-order valence-corrected chi connectivity index (χ4v) is 3.35. The van der Waals surface area contributed by atoms with Crippen molar-refractivity contribution in [1.82, 2.24) is 0 Å². The molecule has 0 atom stereocenters. The van der Waals surface area contributed by atoms with Crippen LogP contribution in [0.3, 0.4) is 0 Å². The molecule has 0 radical (unpaired) electrons. The Morgan fingerprint density at radius 3 is 2.00 bits per heavy atom. The van der Waals surface area contributed by atoms with Crippen LogP contribution >= 0.6 is 0 Å². The molecule has 0 aromatic heterocycles. The quantitative estimate of drug-likeness (QED) is 0.176. The lowest BCUT2D eigenvalue weighted by Gasteiger charge is -2.16. The Morgan fingerprint density at radius 2 is 1.50 bits per heavy atom. The molecule has 30 heavy (non-hydrogen) atoms. The number of benzene rings is 2. The number of hydrogen-bond acceptors (Lipinski definition) is 6. The third-order valence-electron chi connectivity index (χ3n) is 4.58. The highest BCUT2D eigenvalue weighted by atomic mass is 32.2. The number of rotatable bonds is 10. The maximum Gasteiger partial charge on any atom is 0.344 e. The van der Waals surface area contributed by atoms with E-state index >= 15 is 0 Å². The number of Topliss-reactive ketones (excluding diaryl/α,β-unsaturated/α-hetero) is 1. The lowest BCUT2D eigenvalue weighted by molar-refractivity contribution is 0.0718. The fraction of sp³-hybridized carbons (Fsp3) is 0.263. The Morgan fingerprint density at radius 1 is 0.933 bits per heavy atom. The minimum absolute atomic E-state index is 0.0547. The van der Waals surface area contributed by atoms with Crippen molar-refractivity contribution in [3.63, 3.8) is 0 Å². The maximum atomic E-state index is 12.9. The van der Waals surface area contributed by atoms with Crippen LogP contribution in [0, 0.1) is 0 Å². The third-order valence-corrected chi connectivity index (χ3v) is 5.04. The van der Waals surface area contributed by atoms with E-state index in [-0.39, 0.29) is 11.1 Å². The first-order valence-electron chi connectivity index (χ1n) is 9.72. The van der Waals surface area contributed by atoms with Crippen molar-refractivity contribution < 1.29 is 32.0 Å².